The predicted octanol–water partition coefficient (Wildman–Crippen LogP) is 6.61. The van der Waals surface area contributed by atoms with Gasteiger partial charge >= 0.3 is 5.97 Å². The maximum atomic E-state index is 11.0. The number of aliphatic carboxylic acids is 1. The quantitative estimate of drug-likeness (QED) is 0.450. The van der Waals surface area contributed by atoms with E-state index in [0.717, 1.165) is 35.7 Å². The molecule has 1 N–H and O–H groups in total. The summed E-state index contributed by atoms with van der Waals surface area (Å²) < 4.78 is 6.08. The molecule has 2 aromatic carbocycles. The Morgan fingerprint density at radius 3 is 2.37 bits per heavy atom. The minimum Gasteiger partial charge on any atom is -0.487 e. The van der Waals surface area contributed by atoms with Crippen molar-refractivity contribution in [3.8, 4) is 5.75 Å². The highest BCUT2D eigenvalue weighted by molar-refractivity contribution is 5.69. The van der Waals surface area contributed by atoms with Crippen LogP contribution < -0.4 is 9.64 Å². The summed E-state index contributed by atoms with van der Waals surface area (Å²) in [6.07, 6.45) is 8.48. The van der Waals surface area contributed by atoms with Gasteiger partial charge in [-0.05, 0) is 44.9 Å². The number of carbonyl (C=O) groups is 1. The van der Waals surface area contributed by atoms with Gasteiger partial charge in [0.1, 0.15) is 12.4 Å². The van der Waals surface area contributed by atoms with E-state index in [9.17, 15) is 4.79 Å². The highest BCUT2D eigenvalue weighted by Gasteiger charge is 2.14. The van der Waals surface area contributed by atoms with Crippen LogP contribution in [-0.4, -0.2) is 17.6 Å². The lowest BCUT2D eigenvalue weighted by molar-refractivity contribution is -0.136. The summed E-state index contributed by atoms with van der Waals surface area (Å²) in [5, 5.41) is 8.99. The van der Waals surface area contributed by atoms with E-state index in [2.05, 4.69) is 17.6 Å². The number of carboxylic acid groups (broad SMARTS) is 1. The van der Waals surface area contributed by atoms with Gasteiger partial charge in [-0.2, -0.15) is 0 Å². The zero-order chi connectivity index (χ0) is 22.2. The van der Waals surface area contributed by atoms with Crippen molar-refractivity contribution in [2.75, 3.05) is 11.4 Å². The molecule has 0 radical (unpaired) electrons. The highest BCUT2D eigenvalue weighted by Crippen LogP contribution is 2.31. The predicted molar refractivity (Wildman–Crippen MR) is 126 cm³/mol. The van der Waals surface area contributed by atoms with Crippen molar-refractivity contribution in [1.29, 1.82) is 0 Å². The standard InChI is InChI=1S/C23H27NO3.C3H6/c1-3-4-10-17-24(19(2)15-16-23(25)26)21-13-8-9-14-22(21)27-18-20-11-6-5-7-12-20;1-3-2/h3-9,11-15H,10,16-18H2,1-2H3,(H,25,26);3H,1H2,2H3/b4-3-,19-15-;. The molecule has 0 fully saturated rings. The zero-order valence-electron chi connectivity index (χ0n) is 18.3. The Kier molecular flexibility index (Phi) is 12.1. The average Bonchev–Trinajstić information content (AvgIpc) is 2.75. The first-order valence-corrected chi connectivity index (χ1v) is 10.1. The fourth-order valence-corrected chi connectivity index (χ4v) is 2.74. The summed E-state index contributed by atoms with van der Waals surface area (Å²) >= 11 is 0. The van der Waals surface area contributed by atoms with Crippen LogP contribution in [0.25, 0.3) is 0 Å². The van der Waals surface area contributed by atoms with E-state index in [-0.39, 0.29) is 6.42 Å². The Balaban J connectivity index is 0.00000141. The number of para-hydroxylation sites is 2. The number of carboxylic acids is 1. The molecule has 0 atom stereocenters. The molecule has 0 saturated carbocycles. The summed E-state index contributed by atoms with van der Waals surface area (Å²) in [5.74, 6) is -0.0544. The van der Waals surface area contributed by atoms with Crippen LogP contribution in [0.1, 0.15) is 39.2 Å². The van der Waals surface area contributed by atoms with Crippen molar-refractivity contribution in [2.24, 2.45) is 0 Å². The lowest BCUT2D eigenvalue weighted by atomic mass is 10.2. The fourth-order valence-electron chi connectivity index (χ4n) is 2.74. The lowest BCUT2D eigenvalue weighted by Crippen LogP contribution is -2.23. The van der Waals surface area contributed by atoms with E-state index in [0.29, 0.717) is 6.61 Å². The maximum Gasteiger partial charge on any atom is 0.307 e. The molecule has 0 aliphatic carbocycles. The molecule has 2 aromatic rings. The number of allylic oxidation sites excluding steroid dienone is 3. The number of nitrogens with zero attached hydrogens (tertiary/aromatic N) is 1. The topological polar surface area (TPSA) is 49.8 Å². The normalized spacial score (nSPS) is 10.8. The molecule has 0 unspecified atom stereocenters. The van der Waals surface area contributed by atoms with Crippen molar-refractivity contribution in [1.82, 2.24) is 0 Å². The Labute approximate surface area is 180 Å². The maximum absolute atomic E-state index is 11.0. The summed E-state index contributed by atoms with van der Waals surface area (Å²) in [7, 11) is 0. The largest absolute Gasteiger partial charge is 0.487 e. The van der Waals surface area contributed by atoms with Crippen LogP contribution in [0.5, 0.6) is 5.75 Å². The smallest absolute Gasteiger partial charge is 0.307 e. The van der Waals surface area contributed by atoms with E-state index in [4.69, 9.17) is 9.84 Å². The first-order chi connectivity index (χ1) is 14.5. The van der Waals surface area contributed by atoms with Crippen LogP contribution in [0.15, 0.2) is 91.2 Å². The second-order valence-corrected chi connectivity index (χ2v) is 6.60. The Hall–Kier alpha value is -3.27. The van der Waals surface area contributed by atoms with Gasteiger partial charge in [0.05, 0.1) is 12.1 Å². The van der Waals surface area contributed by atoms with Crippen LogP contribution in [0.2, 0.25) is 0 Å². The monoisotopic (exact) mass is 407 g/mol. The third-order valence-corrected chi connectivity index (χ3v) is 4.15. The third kappa shape index (κ3) is 9.28. The number of anilines is 1. The molecule has 0 spiro atoms. The van der Waals surface area contributed by atoms with Crippen molar-refractivity contribution < 1.29 is 14.6 Å². The van der Waals surface area contributed by atoms with Gasteiger partial charge in [0.15, 0.2) is 0 Å². The van der Waals surface area contributed by atoms with Gasteiger partial charge in [0.25, 0.3) is 0 Å². The number of hydrogen-bond donors (Lipinski definition) is 1. The molecular weight excluding hydrogens is 374 g/mol. The van der Waals surface area contributed by atoms with Crippen molar-refractivity contribution >= 4 is 11.7 Å². The third-order valence-electron chi connectivity index (χ3n) is 4.15. The summed E-state index contributed by atoms with van der Waals surface area (Å²) in [6.45, 7) is 10.4. The van der Waals surface area contributed by atoms with E-state index >= 15 is 0 Å². The second-order valence-electron chi connectivity index (χ2n) is 6.60. The number of hydrogen-bond acceptors (Lipinski definition) is 3. The van der Waals surface area contributed by atoms with Crippen LogP contribution in [0.4, 0.5) is 5.69 Å². The number of benzene rings is 2. The molecular formula is C26H33NO3. The van der Waals surface area contributed by atoms with E-state index < -0.39 is 5.97 Å². The van der Waals surface area contributed by atoms with Crippen molar-refractivity contribution in [3.63, 3.8) is 0 Å². The molecule has 0 aromatic heterocycles. The van der Waals surface area contributed by atoms with E-state index in [1.807, 2.05) is 81.4 Å². The number of ether oxygens (including phenoxy) is 1. The Morgan fingerprint density at radius 2 is 1.73 bits per heavy atom. The van der Waals surface area contributed by atoms with Gasteiger partial charge in [-0.15, -0.1) is 6.58 Å². The minimum absolute atomic E-state index is 0.00100. The lowest BCUT2D eigenvalue weighted by Gasteiger charge is -2.27. The van der Waals surface area contributed by atoms with Gasteiger partial charge in [-0.3, -0.25) is 4.79 Å². The van der Waals surface area contributed by atoms with Crippen molar-refractivity contribution in [3.05, 3.63) is 96.7 Å². The molecule has 0 aliphatic rings. The first-order valence-electron chi connectivity index (χ1n) is 10.1. The van der Waals surface area contributed by atoms with Crippen LogP contribution in [0.3, 0.4) is 0 Å². The van der Waals surface area contributed by atoms with Gasteiger partial charge in [-0.25, -0.2) is 0 Å². The first kappa shape index (κ1) is 24.8. The summed E-state index contributed by atoms with van der Waals surface area (Å²) in [4.78, 5) is 13.1. The molecule has 0 saturated heterocycles. The Bertz CT molecular complexity index is 825. The van der Waals surface area contributed by atoms with Gasteiger partial charge < -0.3 is 14.7 Å². The molecule has 160 valence electrons. The number of rotatable bonds is 10. The van der Waals surface area contributed by atoms with Crippen LogP contribution >= 0.6 is 0 Å². The summed E-state index contributed by atoms with van der Waals surface area (Å²) in [5.41, 5.74) is 2.95. The Morgan fingerprint density at radius 1 is 1.10 bits per heavy atom. The molecule has 0 aliphatic heterocycles. The van der Waals surface area contributed by atoms with Crippen LogP contribution in [0, 0.1) is 0 Å². The highest BCUT2D eigenvalue weighted by atomic mass is 16.5. The van der Waals surface area contributed by atoms with Crippen molar-refractivity contribution in [2.45, 2.75) is 40.2 Å². The van der Waals surface area contributed by atoms with E-state index in [1.54, 1.807) is 12.2 Å². The summed E-state index contributed by atoms with van der Waals surface area (Å²) in [6, 6.07) is 17.9. The molecule has 0 amide bonds. The average molecular weight is 408 g/mol. The molecule has 4 nitrogen and oxygen atoms in total. The second kappa shape index (κ2) is 14.7. The molecule has 0 bridgehead atoms. The van der Waals surface area contributed by atoms with E-state index in [1.165, 1.54) is 0 Å². The molecule has 30 heavy (non-hydrogen) atoms. The van der Waals surface area contributed by atoms with Gasteiger partial charge in [-0.1, -0.05) is 66.8 Å². The molecule has 0 heterocycles. The minimum atomic E-state index is -0.837. The molecule has 4 heteroatoms. The molecule has 2 rings (SSSR count). The van der Waals surface area contributed by atoms with Gasteiger partial charge in [0, 0.05) is 12.2 Å². The zero-order valence-corrected chi connectivity index (χ0v) is 18.3. The van der Waals surface area contributed by atoms with Gasteiger partial charge in [0.2, 0.25) is 0 Å². The fraction of sp³-hybridized carbons (Fsp3) is 0.269. The SMILES string of the molecule is C/C=C\CCN(/C(C)=C\CC(=O)O)c1ccccc1OCc1ccccc1.C=CC. The van der Waals surface area contributed by atoms with Crippen LogP contribution in [-0.2, 0) is 11.4 Å².